The van der Waals surface area contributed by atoms with Crippen LogP contribution in [0, 0.1) is 5.92 Å². The molecule has 0 spiro atoms. The standard InChI is InChI=1S/C8H18N2O/c1-6(11-2)8(10-9)5-7-3-4-7/h6-8,10H,3-5,9H2,1-2H3. The molecule has 3 heteroatoms. The smallest absolute Gasteiger partial charge is 0.0709 e. The van der Waals surface area contributed by atoms with Crippen molar-refractivity contribution < 1.29 is 4.74 Å². The van der Waals surface area contributed by atoms with Gasteiger partial charge in [-0.1, -0.05) is 12.8 Å². The average Bonchev–Trinajstić information content (AvgIpc) is 2.82. The first kappa shape index (κ1) is 8.97. The number of rotatable bonds is 5. The molecule has 0 saturated heterocycles. The molecule has 0 aromatic rings. The highest BCUT2D eigenvalue weighted by Gasteiger charge is 2.27. The Morgan fingerprint density at radius 3 is 2.64 bits per heavy atom. The van der Waals surface area contributed by atoms with Crippen LogP contribution in [0.3, 0.4) is 0 Å². The van der Waals surface area contributed by atoms with Crippen molar-refractivity contribution >= 4 is 0 Å². The topological polar surface area (TPSA) is 47.3 Å². The second-order valence-electron chi connectivity index (χ2n) is 3.39. The normalized spacial score (nSPS) is 23.2. The van der Waals surface area contributed by atoms with Crippen molar-refractivity contribution in [2.75, 3.05) is 7.11 Å². The van der Waals surface area contributed by atoms with Gasteiger partial charge < -0.3 is 4.74 Å². The summed E-state index contributed by atoms with van der Waals surface area (Å²) in [6.45, 7) is 2.05. The Hall–Kier alpha value is -0.120. The van der Waals surface area contributed by atoms with Crippen molar-refractivity contribution in [1.82, 2.24) is 5.43 Å². The molecule has 0 radical (unpaired) electrons. The van der Waals surface area contributed by atoms with Gasteiger partial charge in [0.25, 0.3) is 0 Å². The first-order valence-electron chi connectivity index (χ1n) is 4.26. The third-order valence-corrected chi connectivity index (χ3v) is 2.44. The number of ether oxygens (including phenoxy) is 1. The van der Waals surface area contributed by atoms with Crippen LogP contribution < -0.4 is 11.3 Å². The summed E-state index contributed by atoms with van der Waals surface area (Å²) < 4.78 is 5.19. The van der Waals surface area contributed by atoms with Gasteiger partial charge in [-0.15, -0.1) is 0 Å². The molecule has 1 fully saturated rings. The van der Waals surface area contributed by atoms with Gasteiger partial charge in [-0.25, -0.2) is 0 Å². The van der Waals surface area contributed by atoms with Gasteiger partial charge in [-0.05, 0) is 19.3 Å². The van der Waals surface area contributed by atoms with Crippen LogP contribution in [0.1, 0.15) is 26.2 Å². The maximum Gasteiger partial charge on any atom is 0.0709 e. The second-order valence-corrected chi connectivity index (χ2v) is 3.39. The minimum Gasteiger partial charge on any atom is -0.380 e. The molecule has 1 saturated carbocycles. The number of hydrogen-bond acceptors (Lipinski definition) is 3. The van der Waals surface area contributed by atoms with Crippen LogP contribution in [0.15, 0.2) is 0 Å². The van der Waals surface area contributed by atoms with E-state index in [4.69, 9.17) is 10.6 Å². The van der Waals surface area contributed by atoms with Gasteiger partial charge in [0.2, 0.25) is 0 Å². The third kappa shape index (κ3) is 2.77. The van der Waals surface area contributed by atoms with E-state index in [0.717, 1.165) is 12.3 Å². The highest BCUT2D eigenvalue weighted by Crippen LogP contribution is 2.34. The van der Waals surface area contributed by atoms with Gasteiger partial charge in [-0.3, -0.25) is 11.3 Å². The fourth-order valence-corrected chi connectivity index (χ4v) is 1.27. The van der Waals surface area contributed by atoms with Gasteiger partial charge in [0.15, 0.2) is 0 Å². The minimum absolute atomic E-state index is 0.223. The van der Waals surface area contributed by atoms with E-state index in [1.165, 1.54) is 12.8 Å². The highest BCUT2D eigenvalue weighted by molar-refractivity contribution is 4.82. The monoisotopic (exact) mass is 158 g/mol. The second kappa shape index (κ2) is 4.04. The maximum absolute atomic E-state index is 5.40. The summed E-state index contributed by atoms with van der Waals surface area (Å²) >= 11 is 0. The Morgan fingerprint density at radius 2 is 2.27 bits per heavy atom. The van der Waals surface area contributed by atoms with Crippen LogP contribution in [0.25, 0.3) is 0 Å². The Balaban J connectivity index is 2.21. The number of nitrogens with one attached hydrogen (secondary N) is 1. The van der Waals surface area contributed by atoms with E-state index in [1.54, 1.807) is 7.11 Å². The number of hydrazine groups is 1. The van der Waals surface area contributed by atoms with Crippen molar-refractivity contribution in [3.63, 3.8) is 0 Å². The molecule has 3 nitrogen and oxygen atoms in total. The average molecular weight is 158 g/mol. The van der Waals surface area contributed by atoms with E-state index in [2.05, 4.69) is 5.43 Å². The summed E-state index contributed by atoms with van der Waals surface area (Å²) in [5, 5.41) is 0. The lowest BCUT2D eigenvalue weighted by Crippen LogP contribution is -2.43. The third-order valence-electron chi connectivity index (χ3n) is 2.44. The van der Waals surface area contributed by atoms with Crippen molar-refractivity contribution in [1.29, 1.82) is 0 Å². The molecule has 0 bridgehead atoms. The first-order valence-corrected chi connectivity index (χ1v) is 4.26. The van der Waals surface area contributed by atoms with Gasteiger partial charge in [0.1, 0.15) is 0 Å². The largest absolute Gasteiger partial charge is 0.380 e. The fourth-order valence-electron chi connectivity index (χ4n) is 1.27. The molecule has 11 heavy (non-hydrogen) atoms. The SMILES string of the molecule is COC(C)C(CC1CC1)NN. The van der Waals surface area contributed by atoms with E-state index in [1.807, 2.05) is 6.92 Å². The molecular weight excluding hydrogens is 140 g/mol. The molecular formula is C8H18N2O. The molecule has 2 unspecified atom stereocenters. The van der Waals surface area contributed by atoms with Gasteiger partial charge in [0, 0.05) is 13.2 Å². The zero-order chi connectivity index (χ0) is 8.27. The Morgan fingerprint density at radius 1 is 1.64 bits per heavy atom. The summed E-state index contributed by atoms with van der Waals surface area (Å²) in [4.78, 5) is 0. The lowest BCUT2D eigenvalue weighted by Gasteiger charge is -2.21. The lowest BCUT2D eigenvalue weighted by atomic mass is 10.1. The summed E-state index contributed by atoms with van der Waals surface area (Å²) in [5.41, 5.74) is 2.80. The van der Waals surface area contributed by atoms with Crippen molar-refractivity contribution in [3.05, 3.63) is 0 Å². The molecule has 3 N–H and O–H groups in total. The van der Waals surface area contributed by atoms with Gasteiger partial charge in [0.05, 0.1) is 6.10 Å². The summed E-state index contributed by atoms with van der Waals surface area (Å²) in [7, 11) is 1.72. The van der Waals surface area contributed by atoms with Crippen LogP contribution in [-0.2, 0) is 4.74 Å². The van der Waals surface area contributed by atoms with Crippen LogP contribution in [0.2, 0.25) is 0 Å². The molecule has 1 aliphatic carbocycles. The molecule has 66 valence electrons. The molecule has 0 heterocycles. The van der Waals surface area contributed by atoms with E-state index < -0.39 is 0 Å². The van der Waals surface area contributed by atoms with Crippen molar-refractivity contribution in [3.8, 4) is 0 Å². The van der Waals surface area contributed by atoms with E-state index in [-0.39, 0.29) is 6.10 Å². The van der Waals surface area contributed by atoms with Crippen LogP contribution >= 0.6 is 0 Å². The van der Waals surface area contributed by atoms with E-state index in [9.17, 15) is 0 Å². The first-order chi connectivity index (χ1) is 5.27. The molecule has 0 aliphatic heterocycles. The molecule has 1 aliphatic rings. The van der Waals surface area contributed by atoms with Crippen molar-refractivity contribution in [2.45, 2.75) is 38.3 Å². The van der Waals surface area contributed by atoms with E-state index >= 15 is 0 Å². The van der Waals surface area contributed by atoms with Crippen LogP contribution in [0.4, 0.5) is 0 Å². The zero-order valence-corrected chi connectivity index (χ0v) is 7.34. The Labute approximate surface area is 68.3 Å². The Bertz CT molecular complexity index is 115. The summed E-state index contributed by atoms with van der Waals surface area (Å²) in [6.07, 6.45) is 4.12. The summed E-state index contributed by atoms with van der Waals surface area (Å²) in [6, 6.07) is 0.326. The predicted octanol–water partition coefficient (Wildman–Crippen LogP) is 0.653. The molecule has 2 atom stereocenters. The number of nitrogens with two attached hydrogens (primary N) is 1. The minimum atomic E-state index is 0.223. The van der Waals surface area contributed by atoms with Gasteiger partial charge in [-0.2, -0.15) is 0 Å². The lowest BCUT2D eigenvalue weighted by molar-refractivity contribution is 0.0781. The Kier molecular flexibility index (Phi) is 3.30. The van der Waals surface area contributed by atoms with Crippen LogP contribution in [0.5, 0.6) is 0 Å². The van der Waals surface area contributed by atoms with Crippen molar-refractivity contribution in [2.24, 2.45) is 11.8 Å². The molecule has 1 rings (SSSR count). The molecule has 0 aromatic carbocycles. The molecule has 0 aromatic heterocycles. The highest BCUT2D eigenvalue weighted by atomic mass is 16.5. The molecule has 0 amide bonds. The number of hydrogen-bond donors (Lipinski definition) is 2. The van der Waals surface area contributed by atoms with E-state index in [0.29, 0.717) is 6.04 Å². The zero-order valence-electron chi connectivity index (χ0n) is 7.34. The number of methoxy groups -OCH3 is 1. The maximum atomic E-state index is 5.40. The fraction of sp³-hybridized carbons (Fsp3) is 1.00. The predicted molar refractivity (Wildman–Crippen MR) is 44.9 cm³/mol. The van der Waals surface area contributed by atoms with Gasteiger partial charge >= 0.3 is 0 Å². The van der Waals surface area contributed by atoms with Crippen LogP contribution in [-0.4, -0.2) is 19.3 Å². The summed E-state index contributed by atoms with van der Waals surface area (Å²) in [5.74, 6) is 6.29. The quantitative estimate of drug-likeness (QED) is 0.456.